The lowest BCUT2D eigenvalue weighted by atomic mass is 9.44. The number of carbonyl (C=O) groups is 4. The Kier molecular flexibility index (Phi) is 7.79. The molecule has 0 radical (unpaired) electrons. The summed E-state index contributed by atoms with van der Waals surface area (Å²) in [5.74, 6) is -4.38. The lowest BCUT2D eigenvalue weighted by Crippen LogP contribution is -2.69. The summed E-state index contributed by atoms with van der Waals surface area (Å²) in [6, 6.07) is 11.9. The van der Waals surface area contributed by atoms with Gasteiger partial charge in [0.1, 0.15) is 5.60 Å². The van der Waals surface area contributed by atoms with Crippen molar-refractivity contribution in [2.45, 2.75) is 82.6 Å². The summed E-state index contributed by atoms with van der Waals surface area (Å²) >= 11 is 0. The molecule has 0 bridgehead atoms. The minimum absolute atomic E-state index is 0.0349. The number of hydrogen-bond donors (Lipinski definition) is 4. The maximum Gasteiger partial charge on any atom is 0.335 e. The predicted octanol–water partition coefficient (Wildman–Crippen LogP) is 6.13. The molecule has 0 aliphatic heterocycles. The monoisotopic (exact) mass is 706 g/mol. The van der Waals surface area contributed by atoms with Crippen LogP contribution in [-0.2, 0) is 20.8 Å². The number of Topliss-reactive ketones (excluding diaryl/α,β-unsaturated/α-hetero) is 1. The number of ketones is 2. The predicted molar refractivity (Wildman–Crippen MR) is 191 cm³/mol. The van der Waals surface area contributed by atoms with E-state index >= 15 is 4.39 Å². The van der Waals surface area contributed by atoms with Gasteiger partial charge in [-0.25, -0.2) is 9.18 Å². The molecule has 270 valence electrons. The molecule has 52 heavy (non-hydrogen) atoms. The van der Waals surface area contributed by atoms with Gasteiger partial charge in [0.25, 0.3) is 0 Å². The van der Waals surface area contributed by atoms with Crippen LogP contribution in [0.25, 0.3) is 10.8 Å². The lowest BCUT2D eigenvalue weighted by molar-refractivity contribution is -0.218. The Morgan fingerprint density at radius 1 is 1.04 bits per heavy atom. The van der Waals surface area contributed by atoms with Crippen LogP contribution in [0.1, 0.15) is 80.3 Å². The van der Waals surface area contributed by atoms with Crippen molar-refractivity contribution in [3.63, 3.8) is 0 Å². The smallest absolute Gasteiger partial charge is 0.335 e. The van der Waals surface area contributed by atoms with E-state index in [1.54, 1.807) is 44.4 Å². The second-order valence-electron chi connectivity index (χ2n) is 16.4. The number of pyridine rings is 1. The van der Waals surface area contributed by atoms with E-state index in [9.17, 15) is 34.5 Å². The van der Waals surface area contributed by atoms with Gasteiger partial charge in [0.15, 0.2) is 17.2 Å². The van der Waals surface area contributed by atoms with Crippen molar-refractivity contribution in [3.05, 3.63) is 95.3 Å². The molecule has 2 aromatic carbocycles. The Bertz CT molecular complexity index is 2130. The molecule has 4 saturated carbocycles. The summed E-state index contributed by atoms with van der Waals surface area (Å²) in [6.07, 6.45) is 7.75. The average Bonchev–Trinajstić information content (AvgIpc) is 3.88. The van der Waals surface area contributed by atoms with Gasteiger partial charge in [-0.3, -0.25) is 19.4 Å². The number of aliphatic hydroxyl groups excluding tert-OH is 1. The van der Waals surface area contributed by atoms with Gasteiger partial charge in [-0.1, -0.05) is 37.6 Å². The second kappa shape index (κ2) is 11.7. The molecule has 10 atom stereocenters. The highest BCUT2D eigenvalue weighted by atomic mass is 19.1. The molecule has 8 rings (SSSR count). The van der Waals surface area contributed by atoms with Crippen molar-refractivity contribution >= 4 is 39.9 Å². The maximum atomic E-state index is 17.7. The molecule has 0 unspecified atom stereocenters. The molecular formula is C42H43FN2O7. The third-order valence-corrected chi connectivity index (χ3v) is 13.8. The van der Waals surface area contributed by atoms with Crippen molar-refractivity contribution in [2.75, 3.05) is 5.32 Å². The quantitative estimate of drug-likeness (QED) is 0.229. The van der Waals surface area contributed by atoms with Gasteiger partial charge in [0.05, 0.1) is 11.7 Å². The highest BCUT2D eigenvalue weighted by Gasteiger charge is 2.75. The van der Waals surface area contributed by atoms with Crippen LogP contribution in [0.15, 0.2) is 78.7 Å². The number of carboxylic acid groups (broad SMARTS) is 1. The Labute approximate surface area is 301 Å². The van der Waals surface area contributed by atoms with Gasteiger partial charge in [0, 0.05) is 52.6 Å². The van der Waals surface area contributed by atoms with Crippen LogP contribution in [0, 0.1) is 34.5 Å². The number of fused-ring (bicyclic) bond motifs is 6. The summed E-state index contributed by atoms with van der Waals surface area (Å²) in [4.78, 5) is 56.4. The van der Waals surface area contributed by atoms with Crippen molar-refractivity contribution in [1.29, 1.82) is 0 Å². The molecule has 1 amide bonds. The number of halogens is 1. The Morgan fingerprint density at radius 2 is 1.83 bits per heavy atom. The number of aromatic nitrogens is 1. The Balaban J connectivity index is 1.06. The molecule has 4 fully saturated rings. The molecule has 10 heteroatoms. The number of anilines is 1. The number of allylic oxidation sites excluding steroid dienone is 4. The molecule has 4 N–H and O–H groups in total. The second-order valence-corrected chi connectivity index (χ2v) is 16.4. The van der Waals surface area contributed by atoms with Crippen LogP contribution in [-0.4, -0.2) is 61.1 Å². The van der Waals surface area contributed by atoms with Gasteiger partial charge < -0.3 is 20.6 Å². The molecule has 3 aromatic rings. The number of alkyl halides is 1. The number of nitrogens with one attached hydrogen (secondary N) is 1. The van der Waals surface area contributed by atoms with Gasteiger partial charge >= 0.3 is 5.97 Å². The number of nitrogens with zero attached hydrogens (tertiary/aromatic N) is 1. The largest absolute Gasteiger partial charge is 0.478 e. The molecule has 1 heterocycles. The first-order chi connectivity index (χ1) is 24.6. The summed E-state index contributed by atoms with van der Waals surface area (Å²) in [5.41, 5.74) is -3.86. The van der Waals surface area contributed by atoms with Crippen molar-refractivity contribution in [3.8, 4) is 0 Å². The van der Waals surface area contributed by atoms with Crippen molar-refractivity contribution in [2.24, 2.45) is 34.5 Å². The zero-order chi connectivity index (χ0) is 37.0. The van der Waals surface area contributed by atoms with E-state index in [1.165, 1.54) is 24.3 Å². The number of aromatic carboxylic acids is 1. The van der Waals surface area contributed by atoms with E-state index in [2.05, 4.69) is 10.3 Å². The fourth-order valence-electron chi connectivity index (χ4n) is 10.9. The number of rotatable bonds is 7. The highest BCUT2D eigenvalue weighted by Crippen LogP contribution is 2.70. The van der Waals surface area contributed by atoms with E-state index in [1.807, 2.05) is 25.1 Å². The van der Waals surface area contributed by atoms with E-state index in [0.29, 0.717) is 48.1 Å². The summed E-state index contributed by atoms with van der Waals surface area (Å²) in [6.45, 7) is 5.35. The third-order valence-electron chi connectivity index (χ3n) is 13.8. The van der Waals surface area contributed by atoms with Crippen LogP contribution < -0.4 is 5.32 Å². The zero-order valence-corrected chi connectivity index (χ0v) is 29.4. The highest BCUT2D eigenvalue weighted by molar-refractivity contribution is 6.01. The van der Waals surface area contributed by atoms with Crippen LogP contribution in [0.2, 0.25) is 0 Å². The van der Waals surface area contributed by atoms with Crippen LogP contribution in [0.5, 0.6) is 0 Å². The Morgan fingerprint density at radius 3 is 2.60 bits per heavy atom. The number of aliphatic hydroxyl groups is 2. The molecule has 9 nitrogen and oxygen atoms in total. The number of carbonyl (C=O) groups excluding carboxylic acids is 3. The topological polar surface area (TPSA) is 154 Å². The first-order valence-electron chi connectivity index (χ1n) is 18.2. The minimum atomic E-state index is -2.09. The van der Waals surface area contributed by atoms with Gasteiger partial charge in [-0.05, 0) is 116 Å². The first-order valence-corrected chi connectivity index (χ1v) is 18.2. The first kappa shape index (κ1) is 34.5. The Hall–Kier alpha value is -4.54. The van der Waals surface area contributed by atoms with Crippen LogP contribution in [0.3, 0.4) is 0 Å². The molecular weight excluding hydrogens is 663 g/mol. The van der Waals surface area contributed by atoms with E-state index in [-0.39, 0.29) is 36.0 Å². The number of hydrogen-bond acceptors (Lipinski definition) is 7. The van der Waals surface area contributed by atoms with Gasteiger partial charge in [-0.2, -0.15) is 0 Å². The van der Waals surface area contributed by atoms with Gasteiger partial charge in [0.2, 0.25) is 5.91 Å². The SMILES string of the molecule is C[C@@H]1C[C@H]2[C@@H]3CCC4=CC(=O)C=C[C@]4(C)[C@@]3(F)[C@@H](O)C[C@]2(C)[C@@]1(O)C(=O)Cc1ccc(C(=O)O)cc1[C@@H]1C[C@H]1C(=O)Nc1ccc2cnccc2c1. The molecule has 0 saturated heterocycles. The standard InChI is InChI=1S/C42H43FN2O7/c1-22-14-34-33-9-7-27-18-29(46)10-12-39(27,2)41(33,43)36(48)20-40(34,3)42(22,52)35(47)17-24-4-5-25(38(50)51)16-30(24)31-19-32(31)37(49)45-28-8-6-26-21-44-13-11-23(26)15-28/h4-6,8,10-13,15-16,18,21-22,31-34,36,48,52H,7,9,14,17,19-20H2,1-3H3,(H,45,49)(H,50,51)/t22-,31+,32-,33+,34+,36+,39+,40+,41+,42+/m1/s1. The van der Waals surface area contributed by atoms with E-state index < -0.39 is 63.6 Å². The van der Waals surface area contributed by atoms with Crippen LogP contribution in [0.4, 0.5) is 10.1 Å². The van der Waals surface area contributed by atoms with E-state index in [4.69, 9.17) is 0 Å². The number of carboxylic acids is 1. The number of benzene rings is 2. The minimum Gasteiger partial charge on any atom is -0.478 e. The van der Waals surface area contributed by atoms with E-state index in [0.717, 1.165) is 10.8 Å². The summed E-state index contributed by atoms with van der Waals surface area (Å²) in [5, 5.41) is 39.0. The van der Waals surface area contributed by atoms with Crippen molar-refractivity contribution in [1.82, 2.24) is 4.98 Å². The molecule has 0 spiro atoms. The third kappa shape index (κ3) is 4.83. The maximum absolute atomic E-state index is 17.7. The molecule has 1 aromatic heterocycles. The van der Waals surface area contributed by atoms with Gasteiger partial charge in [-0.15, -0.1) is 0 Å². The summed E-state index contributed by atoms with van der Waals surface area (Å²) in [7, 11) is 0. The normalized spacial score (nSPS) is 37.4. The lowest BCUT2D eigenvalue weighted by Gasteiger charge is -2.62. The fraction of sp³-hybridized carbons (Fsp3) is 0.452. The zero-order valence-electron chi connectivity index (χ0n) is 29.4. The molecule has 5 aliphatic carbocycles. The average molecular weight is 707 g/mol. The van der Waals surface area contributed by atoms with Crippen molar-refractivity contribution < 1.29 is 38.9 Å². The molecule has 5 aliphatic rings. The fourth-order valence-corrected chi connectivity index (χ4v) is 10.9. The summed E-state index contributed by atoms with van der Waals surface area (Å²) < 4.78 is 17.7. The number of amides is 1. The van der Waals surface area contributed by atoms with Crippen LogP contribution >= 0.6 is 0 Å².